The van der Waals surface area contributed by atoms with E-state index in [4.69, 9.17) is 0 Å². The quantitative estimate of drug-likeness (QED) is 0.843. The van der Waals surface area contributed by atoms with Gasteiger partial charge in [-0.15, -0.1) is 0 Å². The number of piperidine rings is 1. The summed E-state index contributed by atoms with van der Waals surface area (Å²) < 4.78 is 0. The van der Waals surface area contributed by atoms with E-state index in [0.29, 0.717) is 0 Å². The molecule has 2 saturated heterocycles. The average Bonchev–Trinajstić information content (AvgIpc) is 2.96. The summed E-state index contributed by atoms with van der Waals surface area (Å²) in [6.45, 7) is 10.1. The maximum absolute atomic E-state index is 12.8. The first-order chi connectivity index (χ1) is 12.0. The van der Waals surface area contributed by atoms with Crippen LogP contribution in [0.15, 0.2) is 18.2 Å². The van der Waals surface area contributed by atoms with Crippen LogP contribution in [-0.4, -0.2) is 65.4 Å². The second-order valence-corrected chi connectivity index (χ2v) is 7.30. The van der Waals surface area contributed by atoms with Crippen molar-refractivity contribution in [3.05, 3.63) is 34.9 Å². The number of urea groups is 1. The molecular formula is C20H29N3O2. The molecule has 0 radical (unpaired) electrons. The summed E-state index contributed by atoms with van der Waals surface area (Å²) in [5, 5.41) is 0. The molecule has 2 aliphatic rings. The molecule has 0 aromatic heterocycles. The number of likely N-dealkylation sites (tertiary alicyclic amines) is 1. The van der Waals surface area contributed by atoms with Crippen LogP contribution in [0.4, 0.5) is 4.79 Å². The van der Waals surface area contributed by atoms with E-state index in [0.717, 1.165) is 63.1 Å². The number of nitrogens with zero attached hydrogens (tertiary/aromatic N) is 3. The molecule has 136 valence electrons. The van der Waals surface area contributed by atoms with Gasteiger partial charge in [-0.1, -0.05) is 24.6 Å². The van der Waals surface area contributed by atoms with Crippen LogP contribution in [0.5, 0.6) is 0 Å². The van der Waals surface area contributed by atoms with Gasteiger partial charge in [-0.25, -0.2) is 4.79 Å². The number of hydrogen-bond acceptors (Lipinski definition) is 2. The number of amides is 3. The molecule has 0 spiro atoms. The molecule has 5 nitrogen and oxygen atoms in total. The Morgan fingerprint density at radius 2 is 1.84 bits per heavy atom. The van der Waals surface area contributed by atoms with Gasteiger partial charge in [0, 0.05) is 44.3 Å². The average molecular weight is 343 g/mol. The highest BCUT2D eigenvalue weighted by atomic mass is 16.2. The van der Waals surface area contributed by atoms with Gasteiger partial charge in [0.25, 0.3) is 5.91 Å². The van der Waals surface area contributed by atoms with Gasteiger partial charge in [-0.3, -0.25) is 4.79 Å². The van der Waals surface area contributed by atoms with Gasteiger partial charge in [0.1, 0.15) is 0 Å². The van der Waals surface area contributed by atoms with Gasteiger partial charge in [0.15, 0.2) is 0 Å². The zero-order valence-electron chi connectivity index (χ0n) is 15.6. The zero-order valence-corrected chi connectivity index (χ0v) is 15.6. The van der Waals surface area contributed by atoms with Crippen molar-refractivity contribution in [2.75, 3.05) is 32.7 Å². The fraction of sp³-hybridized carbons (Fsp3) is 0.600. The second-order valence-electron chi connectivity index (χ2n) is 7.30. The monoisotopic (exact) mass is 343 g/mol. The molecule has 3 rings (SSSR count). The van der Waals surface area contributed by atoms with Crippen molar-refractivity contribution in [1.82, 2.24) is 14.7 Å². The van der Waals surface area contributed by atoms with Gasteiger partial charge in [-0.2, -0.15) is 0 Å². The van der Waals surface area contributed by atoms with Crippen molar-refractivity contribution in [3.63, 3.8) is 0 Å². The summed E-state index contributed by atoms with van der Waals surface area (Å²) in [4.78, 5) is 31.2. The van der Waals surface area contributed by atoms with Crippen LogP contribution in [0, 0.1) is 13.8 Å². The standard InChI is InChI=1S/C20H29N3O2/c1-4-9-22-12-13-23(20(22)25)17-7-10-21(11-8-17)19(24)18-6-5-15(2)14-16(18)3/h5-6,14,17H,4,7-13H2,1-3H3. The highest BCUT2D eigenvalue weighted by Crippen LogP contribution is 2.23. The highest BCUT2D eigenvalue weighted by Gasteiger charge is 2.35. The van der Waals surface area contributed by atoms with Crippen LogP contribution in [-0.2, 0) is 0 Å². The maximum atomic E-state index is 12.8. The summed E-state index contributed by atoms with van der Waals surface area (Å²) >= 11 is 0. The van der Waals surface area contributed by atoms with Crippen molar-refractivity contribution in [2.45, 2.75) is 46.1 Å². The smallest absolute Gasteiger partial charge is 0.320 e. The molecule has 0 N–H and O–H groups in total. The lowest BCUT2D eigenvalue weighted by atomic mass is 10.0. The Labute approximate surface area is 150 Å². The van der Waals surface area contributed by atoms with E-state index < -0.39 is 0 Å². The summed E-state index contributed by atoms with van der Waals surface area (Å²) in [7, 11) is 0. The van der Waals surface area contributed by atoms with Crippen LogP contribution < -0.4 is 0 Å². The van der Waals surface area contributed by atoms with E-state index in [1.807, 2.05) is 40.7 Å². The summed E-state index contributed by atoms with van der Waals surface area (Å²) in [6, 6.07) is 6.45. The molecule has 1 aromatic rings. The molecule has 3 amide bonds. The fourth-order valence-electron chi connectivity index (χ4n) is 4.02. The van der Waals surface area contributed by atoms with E-state index in [1.165, 1.54) is 5.56 Å². The van der Waals surface area contributed by atoms with Crippen LogP contribution in [0.2, 0.25) is 0 Å². The molecule has 0 aliphatic carbocycles. The maximum Gasteiger partial charge on any atom is 0.320 e. The highest BCUT2D eigenvalue weighted by molar-refractivity contribution is 5.95. The van der Waals surface area contributed by atoms with Gasteiger partial charge < -0.3 is 14.7 Å². The number of aryl methyl sites for hydroxylation is 2. The molecule has 25 heavy (non-hydrogen) atoms. The van der Waals surface area contributed by atoms with Gasteiger partial charge >= 0.3 is 6.03 Å². The Kier molecular flexibility index (Phi) is 5.30. The van der Waals surface area contributed by atoms with Crippen molar-refractivity contribution < 1.29 is 9.59 Å². The summed E-state index contributed by atoms with van der Waals surface area (Å²) in [5.74, 6) is 0.122. The van der Waals surface area contributed by atoms with Crippen molar-refractivity contribution in [2.24, 2.45) is 0 Å². The number of carbonyl (C=O) groups is 2. The number of carbonyl (C=O) groups excluding carboxylic acids is 2. The Hall–Kier alpha value is -2.04. The van der Waals surface area contributed by atoms with E-state index >= 15 is 0 Å². The Morgan fingerprint density at radius 3 is 2.48 bits per heavy atom. The molecule has 5 heteroatoms. The van der Waals surface area contributed by atoms with Gasteiger partial charge in [-0.05, 0) is 44.7 Å². The van der Waals surface area contributed by atoms with Crippen LogP contribution >= 0.6 is 0 Å². The van der Waals surface area contributed by atoms with Crippen LogP contribution in [0.3, 0.4) is 0 Å². The fourth-order valence-corrected chi connectivity index (χ4v) is 4.02. The Bertz CT molecular complexity index is 650. The third-order valence-corrected chi connectivity index (χ3v) is 5.43. The van der Waals surface area contributed by atoms with E-state index in [1.54, 1.807) is 0 Å². The van der Waals surface area contributed by atoms with Gasteiger partial charge in [0.2, 0.25) is 0 Å². The van der Waals surface area contributed by atoms with Crippen LogP contribution in [0.1, 0.15) is 47.7 Å². The molecule has 0 saturated carbocycles. The second kappa shape index (κ2) is 7.46. The predicted molar refractivity (Wildman–Crippen MR) is 98.8 cm³/mol. The van der Waals surface area contributed by atoms with Crippen LogP contribution in [0.25, 0.3) is 0 Å². The lowest BCUT2D eigenvalue weighted by molar-refractivity contribution is 0.0662. The minimum absolute atomic E-state index is 0.122. The molecule has 2 fully saturated rings. The summed E-state index contributed by atoms with van der Waals surface area (Å²) in [6.07, 6.45) is 2.76. The SMILES string of the molecule is CCCN1CCN(C2CCN(C(=O)c3ccc(C)cc3C)CC2)C1=O. The zero-order chi connectivity index (χ0) is 18.0. The van der Waals surface area contributed by atoms with Gasteiger partial charge in [0.05, 0.1) is 0 Å². The van der Waals surface area contributed by atoms with E-state index in [9.17, 15) is 9.59 Å². The number of hydrogen-bond donors (Lipinski definition) is 0. The topological polar surface area (TPSA) is 43.9 Å². The van der Waals surface area contributed by atoms with Crippen molar-refractivity contribution in [1.29, 1.82) is 0 Å². The molecule has 2 aliphatic heterocycles. The molecule has 2 heterocycles. The lowest BCUT2D eigenvalue weighted by Gasteiger charge is -2.36. The van der Waals surface area contributed by atoms with E-state index in [2.05, 4.69) is 13.0 Å². The molecule has 1 aromatic carbocycles. The van der Waals surface area contributed by atoms with Crippen molar-refractivity contribution >= 4 is 11.9 Å². The minimum Gasteiger partial charge on any atom is -0.338 e. The third kappa shape index (κ3) is 3.65. The van der Waals surface area contributed by atoms with E-state index in [-0.39, 0.29) is 18.0 Å². The third-order valence-electron chi connectivity index (χ3n) is 5.43. The summed E-state index contributed by atoms with van der Waals surface area (Å²) in [5.41, 5.74) is 3.02. The van der Waals surface area contributed by atoms with Crippen molar-refractivity contribution in [3.8, 4) is 0 Å². The number of benzene rings is 1. The normalized spacial score (nSPS) is 19.0. The minimum atomic E-state index is 0.122. The number of rotatable bonds is 4. The molecule has 0 unspecified atom stereocenters. The largest absolute Gasteiger partial charge is 0.338 e. The molecule has 0 bridgehead atoms. The Balaban J connectivity index is 1.58. The first-order valence-electron chi connectivity index (χ1n) is 9.43. The molecule has 0 atom stereocenters. The first-order valence-corrected chi connectivity index (χ1v) is 9.43. The molecular weight excluding hydrogens is 314 g/mol. The Morgan fingerprint density at radius 1 is 1.12 bits per heavy atom. The lowest BCUT2D eigenvalue weighted by Crippen LogP contribution is -2.48. The first kappa shape index (κ1) is 17.8. The predicted octanol–water partition coefficient (Wildman–Crippen LogP) is 3.06.